The van der Waals surface area contributed by atoms with Gasteiger partial charge in [-0.05, 0) is 53.8 Å². The Balaban J connectivity index is 1.56. The molecule has 0 amide bonds. The number of rotatable bonds is 9. The highest BCUT2D eigenvalue weighted by Crippen LogP contribution is 2.18. The standard InChI is InChI=1S/C24H28N2O3/c1-18(2)23(25-21-9-11-22(28-3)12-10-21)24(27)29-17-26-14-13-20(16-26)15-19-7-5-4-6-8-19/h4-14,16,18,23,25H,15,17H2,1-3H3. The van der Waals surface area contributed by atoms with Gasteiger partial charge < -0.3 is 19.4 Å². The lowest BCUT2D eigenvalue weighted by atomic mass is 10.0. The Bertz CT molecular complexity index is 901. The molecule has 152 valence electrons. The summed E-state index contributed by atoms with van der Waals surface area (Å²) in [6.45, 7) is 4.19. The summed E-state index contributed by atoms with van der Waals surface area (Å²) in [7, 11) is 1.63. The fourth-order valence-corrected chi connectivity index (χ4v) is 3.10. The Morgan fingerprint density at radius 2 is 1.72 bits per heavy atom. The average Bonchev–Trinajstić information content (AvgIpc) is 3.18. The number of esters is 1. The molecule has 1 heterocycles. The summed E-state index contributed by atoms with van der Waals surface area (Å²) in [4.78, 5) is 12.7. The predicted octanol–water partition coefficient (Wildman–Crippen LogP) is 4.72. The van der Waals surface area contributed by atoms with Crippen LogP contribution in [0.15, 0.2) is 73.1 Å². The summed E-state index contributed by atoms with van der Waals surface area (Å²) >= 11 is 0. The van der Waals surface area contributed by atoms with Gasteiger partial charge in [0.2, 0.25) is 0 Å². The number of methoxy groups -OCH3 is 1. The smallest absolute Gasteiger partial charge is 0.330 e. The third kappa shape index (κ3) is 5.88. The number of hydrogen-bond acceptors (Lipinski definition) is 4. The van der Waals surface area contributed by atoms with E-state index in [-0.39, 0.29) is 18.6 Å². The van der Waals surface area contributed by atoms with Crippen molar-refractivity contribution in [3.05, 3.63) is 84.2 Å². The van der Waals surface area contributed by atoms with Crippen LogP contribution >= 0.6 is 0 Å². The molecule has 1 aromatic heterocycles. The largest absolute Gasteiger partial charge is 0.497 e. The number of nitrogens with one attached hydrogen (secondary N) is 1. The molecule has 1 unspecified atom stereocenters. The maximum absolute atomic E-state index is 12.7. The van der Waals surface area contributed by atoms with Gasteiger partial charge in [-0.3, -0.25) is 0 Å². The maximum Gasteiger partial charge on any atom is 0.330 e. The summed E-state index contributed by atoms with van der Waals surface area (Å²) in [5.74, 6) is 0.593. The number of benzene rings is 2. The van der Waals surface area contributed by atoms with Crippen LogP contribution in [0.5, 0.6) is 5.75 Å². The van der Waals surface area contributed by atoms with E-state index in [1.54, 1.807) is 7.11 Å². The summed E-state index contributed by atoms with van der Waals surface area (Å²) in [5, 5.41) is 3.26. The number of carbonyl (C=O) groups is 1. The lowest BCUT2D eigenvalue weighted by molar-refractivity contribution is -0.149. The van der Waals surface area contributed by atoms with Crippen molar-refractivity contribution < 1.29 is 14.3 Å². The van der Waals surface area contributed by atoms with E-state index < -0.39 is 6.04 Å². The maximum atomic E-state index is 12.7. The van der Waals surface area contributed by atoms with Crippen LogP contribution in [-0.4, -0.2) is 23.7 Å². The van der Waals surface area contributed by atoms with Crippen molar-refractivity contribution in [3.63, 3.8) is 0 Å². The second kappa shape index (κ2) is 9.82. The normalized spacial score (nSPS) is 11.9. The predicted molar refractivity (Wildman–Crippen MR) is 115 cm³/mol. The quantitative estimate of drug-likeness (QED) is 0.535. The van der Waals surface area contributed by atoms with Crippen LogP contribution in [0.25, 0.3) is 0 Å². The molecule has 5 heteroatoms. The first-order valence-corrected chi connectivity index (χ1v) is 9.81. The molecule has 3 rings (SSSR count). The monoisotopic (exact) mass is 392 g/mol. The number of carbonyl (C=O) groups excluding carboxylic acids is 1. The van der Waals surface area contributed by atoms with Crippen LogP contribution in [0.3, 0.4) is 0 Å². The summed E-state index contributed by atoms with van der Waals surface area (Å²) in [6.07, 6.45) is 4.81. The van der Waals surface area contributed by atoms with Crippen molar-refractivity contribution in [2.75, 3.05) is 12.4 Å². The lowest BCUT2D eigenvalue weighted by Crippen LogP contribution is -2.36. The zero-order valence-corrected chi connectivity index (χ0v) is 17.2. The van der Waals surface area contributed by atoms with Gasteiger partial charge in [-0.2, -0.15) is 0 Å². The van der Waals surface area contributed by atoms with Crippen LogP contribution in [0.2, 0.25) is 0 Å². The van der Waals surface area contributed by atoms with Gasteiger partial charge in [0.25, 0.3) is 0 Å². The van der Waals surface area contributed by atoms with Crippen molar-refractivity contribution in [2.24, 2.45) is 5.92 Å². The fraction of sp³-hybridized carbons (Fsp3) is 0.292. The molecular formula is C24H28N2O3. The lowest BCUT2D eigenvalue weighted by Gasteiger charge is -2.22. The van der Waals surface area contributed by atoms with Crippen LogP contribution in [-0.2, 0) is 22.7 Å². The molecule has 1 N–H and O–H groups in total. The molecule has 0 spiro atoms. The minimum atomic E-state index is -0.428. The molecule has 0 fully saturated rings. The van der Waals surface area contributed by atoms with E-state index in [4.69, 9.17) is 9.47 Å². The van der Waals surface area contributed by atoms with Gasteiger partial charge in [-0.25, -0.2) is 4.79 Å². The van der Waals surface area contributed by atoms with Crippen molar-refractivity contribution in [2.45, 2.75) is 33.0 Å². The van der Waals surface area contributed by atoms with Gasteiger partial charge in [0, 0.05) is 18.1 Å². The van der Waals surface area contributed by atoms with E-state index in [1.807, 2.05) is 73.3 Å². The molecule has 0 saturated carbocycles. The molecule has 1 atom stereocenters. The van der Waals surface area contributed by atoms with Crippen molar-refractivity contribution in [3.8, 4) is 5.75 Å². The van der Waals surface area contributed by atoms with Crippen LogP contribution < -0.4 is 10.1 Å². The van der Waals surface area contributed by atoms with E-state index in [2.05, 4.69) is 23.5 Å². The summed E-state index contributed by atoms with van der Waals surface area (Å²) in [5.41, 5.74) is 3.29. The zero-order valence-electron chi connectivity index (χ0n) is 17.2. The minimum Gasteiger partial charge on any atom is -0.497 e. The number of aromatic nitrogens is 1. The number of anilines is 1. The molecule has 0 aliphatic rings. The van der Waals surface area contributed by atoms with Gasteiger partial charge in [0.05, 0.1) is 7.11 Å². The van der Waals surface area contributed by atoms with Gasteiger partial charge in [-0.15, -0.1) is 0 Å². The second-order valence-corrected chi connectivity index (χ2v) is 7.38. The van der Waals surface area contributed by atoms with E-state index in [1.165, 1.54) is 11.1 Å². The topological polar surface area (TPSA) is 52.5 Å². The molecule has 0 bridgehead atoms. The Kier molecular flexibility index (Phi) is 6.95. The number of nitrogens with zero attached hydrogens (tertiary/aromatic N) is 1. The van der Waals surface area contributed by atoms with Gasteiger partial charge in [-0.1, -0.05) is 44.2 Å². The van der Waals surface area contributed by atoms with Gasteiger partial charge in [0.15, 0.2) is 6.73 Å². The first kappa shape index (κ1) is 20.5. The number of ether oxygens (including phenoxy) is 2. The second-order valence-electron chi connectivity index (χ2n) is 7.38. The molecule has 0 saturated heterocycles. The molecule has 2 aromatic carbocycles. The minimum absolute atomic E-state index is 0.0860. The van der Waals surface area contributed by atoms with Gasteiger partial charge >= 0.3 is 5.97 Å². The van der Waals surface area contributed by atoms with E-state index in [0.29, 0.717) is 0 Å². The van der Waals surface area contributed by atoms with Crippen LogP contribution in [0, 0.1) is 5.92 Å². The third-order valence-electron chi connectivity index (χ3n) is 4.75. The van der Waals surface area contributed by atoms with E-state index in [9.17, 15) is 4.79 Å². The fourth-order valence-electron chi connectivity index (χ4n) is 3.10. The highest BCUT2D eigenvalue weighted by molar-refractivity contribution is 5.79. The molecule has 0 aliphatic heterocycles. The molecular weight excluding hydrogens is 364 g/mol. The van der Waals surface area contributed by atoms with Gasteiger partial charge in [0.1, 0.15) is 11.8 Å². The molecule has 0 aliphatic carbocycles. The molecule has 3 aromatic rings. The first-order chi connectivity index (χ1) is 14.0. The Morgan fingerprint density at radius 3 is 2.38 bits per heavy atom. The average molecular weight is 392 g/mol. The Labute approximate surface area is 172 Å². The Hall–Kier alpha value is -3.21. The SMILES string of the molecule is COc1ccc(NC(C(=O)OCn2ccc(Cc3ccccc3)c2)C(C)C)cc1. The van der Waals surface area contributed by atoms with Crippen LogP contribution in [0.4, 0.5) is 5.69 Å². The van der Waals surface area contributed by atoms with E-state index in [0.717, 1.165) is 17.9 Å². The zero-order chi connectivity index (χ0) is 20.6. The molecule has 29 heavy (non-hydrogen) atoms. The summed E-state index contributed by atoms with van der Waals surface area (Å²) < 4.78 is 12.6. The van der Waals surface area contributed by atoms with Crippen molar-refractivity contribution in [1.82, 2.24) is 4.57 Å². The van der Waals surface area contributed by atoms with Crippen molar-refractivity contribution in [1.29, 1.82) is 0 Å². The Morgan fingerprint density at radius 1 is 1.00 bits per heavy atom. The first-order valence-electron chi connectivity index (χ1n) is 9.81. The van der Waals surface area contributed by atoms with E-state index >= 15 is 0 Å². The summed E-state index contributed by atoms with van der Waals surface area (Å²) in [6, 6.07) is 19.4. The number of hydrogen-bond donors (Lipinski definition) is 1. The van der Waals surface area contributed by atoms with Crippen LogP contribution in [0.1, 0.15) is 25.0 Å². The highest BCUT2D eigenvalue weighted by Gasteiger charge is 2.23. The third-order valence-corrected chi connectivity index (χ3v) is 4.75. The highest BCUT2D eigenvalue weighted by atomic mass is 16.5. The van der Waals surface area contributed by atoms with Crippen molar-refractivity contribution >= 4 is 11.7 Å². The molecule has 5 nitrogen and oxygen atoms in total. The molecule has 0 radical (unpaired) electrons.